The molecule has 1 saturated heterocycles. The zero-order valence-electron chi connectivity index (χ0n) is 15.2. The predicted octanol–water partition coefficient (Wildman–Crippen LogP) is 3.65. The highest BCUT2D eigenvalue weighted by Crippen LogP contribution is 2.32. The van der Waals surface area contributed by atoms with Crippen LogP contribution in [-0.4, -0.2) is 31.2 Å². The average Bonchev–Trinajstić information content (AvgIpc) is 3.25. The van der Waals surface area contributed by atoms with Crippen LogP contribution in [0.5, 0.6) is 11.6 Å². The maximum absolute atomic E-state index is 5.94. The fourth-order valence-electron chi connectivity index (χ4n) is 3.44. The number of aryl methyl sites for hydroxylation is 2. The molecule has 3 aromatic rings. The van der Waals surface area contributed by atoms with Crippen molar-refractivity contribution in [3.8, 4) is 11.6 Å². The van der Waals surface area contributed by atoms with Crippen molar-refractivity contribution in [1.82, 2.24) is 24.6 Å². The van der Waals surface area contributed by atoms with Gasteiger partial charge in [0.05, 0.1) is 11.7 Å². The van der Waals surface area contributed by atoms with Gasteiger partial charge in [0.25, 0.3) is 0 Å². The van der Waals surface area contributed by atoms with Crippen molar-refractivity contribution in [2.75, 3.05) is 6.54 Å². The van der Waals surface area contributed by atoms with Gasteiger partial charge in [0.15, 0.2) is 0 Å². The Bertz CT molecular complexity index is 877. The van der Waals surface area contributed by atoms with Gasteiger partial charge < -0.3 is 4.74 Å². The second kappa shape index (κ2) is 7.25. The number of hydrogen-bond acceptors (Lipinski definition) is 5. The highest BCUT2D eigenvalue weighted by Gasteiger charge is 2.29. The first-order valence-electron chi connectivity index (χ1n) is 8.98. The molecule has 0 aliphatic carbocycles. The van der Waals surface area contributed by atoms with Crippen molar-refractivity contribution < 1.29 is 4.74 Å². The molecule has 0 spiro atoms. The summed E-state index contributed by atoms with van der Waals surface area (Å²) in [6.07, 6.45) is 4.05. The lowest BCUT2D eigenvalue weighted by molar-refractivity contribution is 0.232. The smallest absolute Gasteiger partial charge is 0.222 e. The molecule has 6 heteroatoms. The van der Waals surface area contributed by atoms with Crippen LogP contribution < -0.4 is 4.74 Å². The molecule has 0 amide bonds. The molecule has 1 aliphatic heterocycles. The van der Waals surface area contributed by atoms with Crippen molar-refractivity contribution in [3.63, 3.8) is 0 Å². The molecule has 4 rings (SSSR count). The van der Waals surface area contributed by atoms with E-state index in [2.05, 4.69) is 16.1 Å². The van der Waals surface area contributed by atoms with E-state index in [-0.39, 0.29) is 6.04 Å². The first-order valence-corrected chi connectivity index (χ1v) is 8.98. The van der Waals surface area contributed by atoms with Gasteiger partial charge in [-0.3, -0.25) is 9.58 Å². The van der Waals surface area contributed by atoms with Gasteiger partial charge in [-0.05, 0) is 44.5 Å². The molecule has 1 unspecified atom stereocenters. The second-order valence-corrected chi connectivity index (χ2v) is 6.70. The molecule has 26 heavy (non-hydrogen) atoms. The van der Waals surface area contributed by atoms with Crippen LogP contribution in [0.1, 0.15) is 36.1 Å². The SMILES string of the molecule is Cc1cc(Oc2ccccc2)nc(C2CCCN2Cc2ccnn2C)n1. The van der Waals surface area contributed by atoms with E-state index in [1.54, 1.807) is 0 Å². The Labute approximate surface area is 153 Å². The molecule has 1 fully saturated rings. The Hall–Kier alpha value is -2.73. The minimum absolute atomic E-state index is 0.211. The number of nitrogens with zero attached hydrogens (tertiary/aromatic N) is 5. The van der Waals surface area contributed by atoms with Gasteiger partial charge in [-0.15, -0.1) is 0 Å². The molecule has 2 aromatic heterocycles. The van der Waals surface area contributed by atoms with Gasteiger partial charge in [0.2, 0.25) is 5.88 Å². The monoisotopic (exact) mass is 349 g/mol. The van der Waals surface area contributed by atoms with E-state index in [4.69, 9.17) is 14.7 Å². The van der Waals surface area contributed by atoms with Crippen molar-refractivity contribution >= 4 is 0 Å². The molecule has 134 valence electrons. The summed E-state index contributed by atoms with van der Waals surface area (Å²) < 4.78 is 7.86. The number of rotatable bonds is 5. The third-order valence-corrected chi connectivity index (χ3v) is 4.76. The fraction of sp³-hybridized carbons (Fsp3) is 0.350. The van der Waals surface area contributed by atoms with Crippen LogP contribution in [0.15, 0.2) is 48.7 Å². The van der Waals surface area contributed by atoms with E-state index in [0.29, 0.717) is 5.88 Å². The summed E-state index contributed by atoms with van der Waals surface area (Å²) in [5.74, 6) is 2.23. The molecule has 1 aliphatic rings. The molecule has 0 radical (unpaired) electrons. The van der Waals surface area contributed by atoms with Crippen LogP contribution in [0.4, 0.5) is 0 Å². The van der Waals surface area contributed by atoms with Gasteiger partial charge >= 0.3 is 0 Å². The van der Waals surface area contributed by atoms with Crippen molar-refractivity contribution in [2.24, 2.45) is 7.05 Å². The first-order chi connectivity index (χ1) is 12.7. The van der Waals surface area contributed by atoms with Crippen LogP contribution in [0.2, 0.25) is 0 Å². The van der Waals surface area contributed by atoms with Gasteiger partial charge in [0, 0.05) is 31.5 Å². The molecular formula is C20H23N5O. The average molecular weight is 349 g/mol. The Morgan fingerprint density at radius 2 is 2.00 bits per heavy atom. The number of benzene rings is 1. The van der Waals surface area contributed by atoms with Crippen molar-refractivity contribution in [2.45, 2.75) is 32.4 Å². The van der Waals surface area contributed by atoms with Gasteiger partial charge in [-0.1, -0.05) is 18.2 Å². The lowest BCUT2D eigenvalue weighted by Gasteiger charge is -2.23. The molecule has 6 nitrogen and oxygen atoms in total. The predicted molar refractivity (Wildman–Crippen MR) is 98.9 cm³/mol. The summed E-state index contributed by atoms with van der Waals surface area (Å²) >= 11 is 0. The highest BCUT2D eigenvalue weighted by molar-refractivity contribution is 5.27. The summed E-state index contributed by atoms with van der Waals surface area (Å²) in [5, 5.41) is 4.27. The Kier molecular flexibility index (Phi) is 4.67. The van der Waals surface area contributed by atoms with Crippen LogP contribution in [-0.2, 0) is 13.6 Å². The van der Waals surface area contributed by atoms with E-state index in [9.17, 15) is 0 Å². The summed E-state index contributed by atoms with van der Waals surface area (Å²) in [6, 6.07) is 13.9. The van der Waals surface area contributed by atoms with Gasteiger partial charge in [-0.25, -0.2) is 4.98 Å². The molecule has 0 bridgehead atoms. The minimum Gasteiger partial charge on any atom is -0.439 e. The van der Waals surface area contributed by atoms with E-state index in [1.165, 1.54) is 5.69 Å². The lowest BCUT2D eigenvalue weighted by atomic mass is 10.2. The third-order valence-electron chi connectivity index (χ3n) is 4.76. The summed E-state index contributed by atoms with van der Waals surface area (Å²) in [6.45, 7) is 3.89. The fourth-order valence-corrected chi connectivity index (χ4v) is 3.44. The second-order valence-electron chi connectivity index (χ2n) is 6.70. The minimum atomic E-state index is 0.211. The number of likely N-dealkylation sites (tertiary alicyclic amines) is 1. The van der Waals surface area contributed by atoms with Crippen LogP contribution in [0.3, 0.4) is 0 Å². The quantitative estimate of drug-likeness (QED) is 0.704. The third kappa shape index (κ3) is 3.60. The van der Waals surface area contributed by atoms with E-state index in [0.717, 1.165) is 43.2 Å². The Balaban J connectivity index is 1.57. The summed E-state index contributed by atoms with van der Waals surface area (Å²) in [5.41, 5.74) is 2.12. The van der Waals surface area contributed by atoms with Crippen LogP contribution >= 0.6 is 0 Å². The molecule has 1 atom stereocenters. The number of para-hydroxylation sites is 1. The van der Waals surface area contributed by atoms with Crippen molar-refractivity contribution in [1.29, 1.82) is 0 Å². The molecule has 0 N–H and O–H groups in total. The topological polar surface area (TPSA) is 56.1 Å². The maximum Gasteiger partial charge on any atom is 0.222 e. The van der Waals surface area contributed by atoms with Crippen molar-refractivity contribution in [3.05, 3.63) is 65.9 Å². The zero-order chi connectivity index (χ0) is 17.9. The standard InChI is InChI=1S/C20H23N5O/c1-15-13-19(26-17-7-4-3-5-8-17)23-20(22-15)18-9-6-12-25(18)14-16-10-11-21-24(16)2/h3-5,7-8,10-11,13,18H,6,9,12,14H2,1-2H3. The largest absolute Gasteiger partial charge is 0.439 e. The zero-order valence-corrected chi connectivity index (χ0v) is 15.2. The normalized spacial score (nSPS) is 17.5. The Morgan fingerprint density at radius 1 is 1.15 bits per heavy atom. The lowest BCUT2D eigenvalue weighted by Crippen LogP contribution is -2.25. The maximum atomic E-state index is 5.94. The van der Waals surface area contributed by atoms with E-state index < -0.39 is 0 Å². The summed E-state index contributed by atoms with van der Waals surface area (Å²) in [7, 11) is 1.98. The number of ether oxygens (including phenoxy) is 1. The van der Waals surface area contributed by atoms with Gasteiger partial charge in [0.1, 0.15) is 11.6 Å². The number of aromatic nitrogens is 4. The summed E-state index contributed by atoms with van der Waals surface area (Å²) in [4.78, 5) is 11.8. The number of hydrogen-bond donors (Lipinski definition) is 0. The Morgan fingerprint density at radius 3 is 2.77 bits per heavy atom. The van der Waals surface area contributed by atoms with Crippen LogP contribution in [0.25, 0.3) is 0 Å². The first kappa shape index (κ1) is 16.7. The molecular weight excluding hydrogens is 326 g/mol. The molecule has 3 heterocycles. The molecule has 0 saturated carbocycles. The van der Waals surface area contributed by atoms with E-state index in [1.807, 2.05) is 61.2 Å². The van der Waals surface area contributed by atoms with E-state index >= 15 is 0 Å². The van der Waals surface area contributed by atoms with Crippen LogP contribution in [0, 0.1) is 6.92 Å². The van der Waals surface area contributed by atoms with Gasteiger partial charge in [-0.2, -0.15) is 10.1 Å². The highest BCUT2D eigenvalue weighted by atomic mass is 16.5. The molecule has 1 aromatic carbocycles.